The number of nitrogens with zero attached hydrogens (tertiary/aromatic N) is 2. The lowest BCUT2D eigenvalue weighted by Gasteiger charge is -2.17. The van der Waals surface area contributed by atoms with Crippen LogP contribution in [0.25, 0.3) is 16.8 Å². The van der Waals surface area contributed by atoms with Gasteiger partial charge in [0.25, 0.3) is 11.6 Å². The van der Waals surface area contributed by atoms with Crippen molar-refractivity contribution in [2.75, 3.05) is 11.7 Å². The van der Waals surface area contributed by atoms with E-state index in [0.717, 1.165) is 22.5 Å². The highest BCUT2D eigenvalue weighted by Gasteiger charge is 2.35. The van der Waals surface area contributed by atoms with Crippen LogP contribution in [0.5, 0.6) is 11.5 Å². The van der Waals surface area contributed by atoms with E-state index in [1.165, 1.54) is 23.1 Å². The molecular formula is C21H12N2O5S2. The number of carbonyl (C=O) groups excluding carboxylic acids is 1. The van der Waals surface area contributed by atoms with Crippen LogP contribution in [-0.2, 0) is 4.79 Å². The van der Waals surface area contributed by atoms with Gasteiger partial charge in [0.05, 0.1) is 27.1 Å². The summed E-state index contributed by atoms with van der Waals surface area (Å²) in [6, 6.07) is 16.2. The van der Waals surface area contributed by atoms with Crippen molar-refractivity contribution in [2.24, 2.45) is 0 Å². The van der Waals surface area contributed by atoms with Gasteiger partial charge in [0.2, 0.25) is 6.79 Å². The summed E-state index contributed by atoms with van der Waals surface area (Å²) in [5, 5.41) is 13.4. The Balaban J connectivity index is 1.58. The average molecular weight is 436 g/mol. The molecule has 0 bridgehead atoms. The number of thioether (sulfide) groups is 1. The molecule has 0 unspecified atom stereocenters. The molecular weight excluding hydrogens is 424 g/mol. The fourth-order valence-corrected chi connectivity index (χ4v) is 4.72. The van der Waals surface area contributed by atoms with E-state index in [4.69, 9.17) is 21.7 Å². The van der Waals surface area contributed by atoms with Crippen molar-refractivity contribution in [1.82, 2.24) is 0 Å². The van der Waals surface area contributed by atoms with Crippen molar-refractivity contribution in [2.45, 2.75) is 0 Å². The second kappa shape index (κ2) is 7.12. The lowest BCUT2D eigenvalue weighted by atomic mass is 10.1. The van der Waals surface area contributed by atoms with Gasteiger partial charge >= 0.3 is 0 Å². The molecule has 2 aliphatic heterocycles. The fourth-order valence-electron chi connectivity index (χ4n) is 3.44. The van der Waals surface area contributed by atoms with Crippen molar-refractivity contribution in [3.63, 3.8) is 0 Å². The molecule has 148 valence electrons. The van der Waals surface area contributed by atoms with E-state index >= 15 is 0 Å². The van der Waals surface area contributed by atoms with Gasteiger partial charge in [-0.15, -0.1) is 0 Å². The minimum absolute atomic E-state index is 0.000855. The molecule has 0 aromatic heterocycles. The second-order valence-electron chi connectivity index (χ2n) is 6.54. The highest BCUT2D eigenvalue weighted by atomic mass is 32.2. The van der Waals surface area contributed by atoms with E-state index in [2.05, 4.69) is 0 Å². The minimum Gasteiger partial charge on any atom is -0.454 e. The third-order valence-electron chi connectivity index (χ3n) is 4.81. The minimum atomic E-state index is -0.515. The van der Waals surface area contributed by atoms with Crippen molar-refractivity contribution in [1.29, 1.82) is 0 Å². The largest absolute Gasteiger partial charge is 0.454 e. The summed E-state index contributed by atoms with van der Waals surface area (Å²) in [6.07, 6.45) is 1.48. The summed E-state index contributed by atoms with van der Waals surface area (Å²) < 4.78 is 10.9. The van der Waals surface area contributed by atoms with E-state index in [1.807, 2.05) is 42.5 Å². The number of amides is 1. The Morgan fingerprint density at radius 1 is 1.10 bits per heavy atom. The lowest BCUT2D eigenvalue weighted by molar-refractivity contribution is -0.385. The highest BCUT2D eigenvalue weighted by molar-refractivity contribution is 8.27. The van der Waals surface area contributed by atoms with Gasteiger partial charge in [-0.3, -0.25) is 19.8 Å². The lowest BCUT2D eigenvalue weighted by Crippen LogP contribution is -2.27. The Morgan fingerprint density at radius 3 is 2.63 bits per heavy atom. The maximum absolute atomic E-state index is 13.2. The van der Waals surface area contributed by atoms with Gasteiger partial charge in [0.1, 0.15) is 0 Å². The normalized spacial score (nSPS) is 16.7. The molecule has 0 saturated carbocycles. The van der Waals surface area contributed by atoms with Crippen LogP contribution in [-0.4, -0.2) is 21.9 Å². The third-order valence-corrected chi connectivity index (χ3v) is 6.11. The zero-order chi connectivity index (χ0) is 20.8. The number of nitro benzene ring substituents is 1. The molecule has 9 heteroatoms. The SMILES string of the molecule is O=C1/C(=C\c2cc3c(cc2[N+](=O)[O-])OCO3)SC(=S)N1c1cccc2ccccc12. The van der Waals surface area contributed by atoms with Crippen LogP contribution in [0.1, 0.15) is 5.56 Å². The zero-order valence-electron chi connectivity index (χ0n) is 15.2. The average Bonchev–Trinajstić information content (AvgIpc) is 3.30. The number of hydrogen-bond donors (Lipinski definition) is 0. The van der Waals surface area contributed by atoms with Crippen molar-refractivity contribution in [3.8, 4) is 11.5 Å². The maximum atomic E-state index is 13.2. The highest BCUT2D eigenvalue weighted by Crippen LogP contribution is 2.42. The van der Waals surface area contributed by atoms with Gasteiger partial charge < -0.3 is 9.47 Å². The fraction of sp³-hybridized carbons (Fsp3) is 0.0476. The van der Waals surface area contributed by atoms with Crippen LogP contribution >= 0.6 is 24.0 Å². The second-order valence-corrected chi connectivity index (χ2v) is 8.21. The number of rotatable bonds is 3. The Morgan fingerprint density at radius 2 is 1.83 bits per heavy atom. The monoisotopic (exact) mass is 436 g/mol. The molecule has 0 N–H and O–H groups in total. The summed E-state index contributed by atoms with van der Waals surface area (Å²) in [6.45, 7) is -0.000855. The van der Waals surface area contributed by atoms with Crippen LogP contribution in [0, 0.1) is 10.1 Å². The first-order valence-corrected chi connectivity index (χ1v) is 10.1. The Kier molecular flexibility index (Phi) is 4.41. The molecule has 3 aromatic carbocycles. The number of benzene rings is 3. The number of fused-ring (bicyclic) bond motifs is 2. The quantitative estimate of drug-likeness (QED) is 0.250. The molecule has 0 spiro atoms. The molecule has 1 amide bonds. The van der Waals surface area contributed by atoms with Crippen LogP contribution in [0.2, 0.25) is 0 Å². The molecule has 1 saturated heterocycles. The van der Waals surface area contributed by atoms with Crippen LogP contribution in [0.15, 0.2) is 59.5 Å². The Bertz CT molecular complexity index is 1280. The topological polar surface area (TPSA) is 81.9 Å². The molecule has 2 heterocycles. The van der Waals surface area contributed by atoms with Gasteiger partial charge in [-0.1, -0.05) is 60.4 Å². The molecule has 30 heavy (non-hydrogen) atoms. The number of nitro groups is 1. The summed E-state index contributed by atoms with van der Waals surface area (Å²) in [7, 11) is 0. The van der Waals surface area contributed by atoms with Crippen LogP contribution in [0.3, 0.4) is 0 Å². The molecule has 0 radical (unpaired) electrons. The molecule has 1 fully saturated rings. The molecule has 3 aromatic rings. The molecule has 7 nitrogen and oxygen atoms in total. The van der Waals surface area contributed by atoms with Crippen molar-refractivity contribution < 1.29 is 19.2 Å². The van der Waals surface area contributed by atoms with Crippen LogP contribution < -0.4 is 14.4 Å². The van der Waals surface area contributed by atoms with Crippen molar-refractivity contribution >= 4 is 62.4 Å². The summed E-state index contributed by atoms with van der Waals surface area (Å²) in [5.41, 5.74) is 0.761. The number of anilines is 1. The first-order chi connectivity index (χ1) is 14.5. The van der Waals surface area contributed by atoms with E-state index in [9.17, 15) is 14.9 Å². The summed E-state index contributed by atoms with van der Waals surface area (Å²) in [4.78, 5) is 26.0. The number of ether oxygens (including phenoxy) is 2. The summed E-state index contributed by atoms with van der Waals surface area (Å²) in [5.74, 6) is 0.381. The first kappa shape index (κ1) is 18.6. The molecule has 0 atom stereocenters. The molecule has 0 aliphatic carbocycles. The van der Waals surface area contributed by atoms with Crippen molar-refractivity contribution in [3.05, 3.63) is 75.2 Å². The zero-order valence-corrected chi connectivity index (χ0v) is 16.9. The number of carbonyl (C=O) groups is 1. The first-order valence-electron chi connectivity index (χ1n) is 8.87. The van der Waals surface area contributed by atoms with Gasteiger partial charge in [-0.25, -0.2) is 0 Å². The number of thiocarbonyl (C=S) groups is 1. The summed E-state index contributed by atoms with van der Waals surface area (Å²) >= 11 is 6.58. The standard InChI is InChI=1S/C21H12N2O5S2/c24-20-19(9-13-8-17-18(28-11-27-17)10-16(13)23(25)26)30-21(29)22(20)15-7-3-5-12-4-1-2-6-14(12)15/h1-10H,11H2/b19-9+. The van der Waals surface area contributed by atoms with E-state index < -0.39 is 4.92 Å². The van der Waals surface area contributed by atoms with E-state index in [0.29, 0.717) is 26.4 Å². The van der Waals surface area contributed by atoms with Gasteiger partial charge in [-0.05, 0) is 23.6 Å². The van der Waals surface area contributed by atoms with E-state index in [1.54, 1.807) is 0 Å². The van der Waals surface area contributed by atoms with Gasteiger partial charge in [-0.2, -0.15) is 0 Å². The molecule has 5 rings (SSSR count). The smallest absolute Gasteiger partial charge is 0.280 e. The molecule has 2 aliphatic rings. The maximum Gasteiger partial charge on any atom is 0.280 e. The van der Waals surface area contributed by atoms with Gasteiger partial charge in [0.15, 0.2) is 15.8 Å². The predicted molar refractivity (Wildman–Crippen MR) is 119 cm³/mol. The number of hydrogen-bond acceptors (Lipinski definition) is 7. The van der Waals surface area contributed by atoms with Crippen LogP contribution in [0.4, 0.5) is 11.4 Å². The third kappa shape index (κ3) is 2.99. The predicted octanol–water partition coefficient (Wildman–Crippen LogP) is 4.88. The Labute approximate surface area is 180 Å². The van der Waals surface area contributed by atoms with Gasteiger partial charge in [0, 0.05) is 5.39 Å². The Hall–Kier alpha value is -3.43. The van der Waals surface area contributed by atoms with E-state index in [-0.39, 0.29) is 24.0 Å².